The van der Waals surface area contributed by atoms with Crippen molar-refractivity contribution in [2.45, 2.75) is 31.0 Å². The van der Waals surface area contributed by atoms with E-state index in [0.717, 1.165) is 32.5 Å². The monoisotopic (exact) mass is 332 g/mol. The second-order valence-electron chi connectivity index (χ2n) is 6.75. The van der Waals surface area contributed by atoms with Gasteiger partial charge in [0.2, 0.25) is 5.95 Å². The molecule has 2 fully saturated rings. The zero-order valence-corrected chi connectivity index (χ0v) is 13.7. The van der Waals surface area contributed by atoms with Crippen LogP contribution in [-0.4, -0.2) is 56.0 Å². The zero-order valence-electron chi connectivity index (χ0n) is 13.7. The van der Waals surface area contributed by atoms with E-state index in [-0.39, 0.29) is 11.6 Å². The molecule has 1 N–H and O–H groups in total. The fraction of sp³-hybridized carbons (Fsp3) is 0.562. The first-order valence-corrected chi connectivity index (χ1v) is 8.18. The van der Waals surface area contributed by atoms with Gasteiger partial charge in [0.05, 0.1) is 36.8 Å². The third-order valence-corrected chi connectivity index (χ3v) is 4.72. The third kappa shape index (κ3) is 3.25. The zero-order chi connectivity index (χ0) is 16.6. The smallest absolute Gasteiger partial charge is 0.223 e. The molecule has 0 saturated carbocycles. The predicted octanol–water partition coefficient (Wildman–Crippen LogP) is 1.19. The van der Waals surface area contributed by atoms with Gasteiger partial charge in [0, 0.05) is 44.9 Å². The van der Waals surface area contributed by atoms with Gasteiger partial charge in [0.25, 0.3) is 0 Å². The molecule has 0 aromatic carbocycles. The van der Waals surface area contributed by atoms with Gasteiger partial charge in [-0.2, -0.15) is 5.10 Å². The van der Waals surface area contributed by atoms with E-state index in [1.54, 1.807) is 0 Å². The third-order valence-electron chi connectivity index (χ3n) is 4.72. The Morgan fingerprint density at radius 3 is 2.96 bits per heavy atom. The highest BCUT2D eigenvalue weighted by Crippen LogP contribution is 2.36. The quantitative estimate of drug-likeness (QED) is 0.907. The molecule has 2 aromatic rings. The lowest BCUT2D eigenvalue weighted by molar-refractivity contribution is 0.0120. The summed E-state index contributed by atoms with van der Waals surface area (Å²) in [5, 5.41) is 7.46. The van der Waals surface area contributed by atoms with Crippen LogP contribution in [0.5, 0.6) is 0 Å². The maximum atomic E-state index is 12.9. The first-order chi connectivity index (χ1) is 11.6. The Hall–Kier alpha value is -2.06. The number of hydrogen-bond acceptors (Lipinski definition) is 6. The summed E-state index contributed by atoms with van der Waals surface area (Å²) in [6.45, 7) is 3.47. The molecule has 1 spiro atoms. The lowest BCUT2D eigenvalue weighted by Crippen LogP contribution is -2.33. The topological polar surface area (TPSA) is 68.1 Å². The molecule has 24 heavy (non-hydrogen) atoms. The maximum Gasteiger partial charge on any atom is 0.223 e. The van der Waals surface area contributed by atoms with Gasteiger partial charge in [0.15, 0.2) is 5.82 Å². The molecule has 4 heterocycles. The van der Waals surface area contributed by atoms with Crippen molar-refractivity contribution < 1.29 is 9.13 Å². The number of ether oxygens (including phenoxy) is 1. The normalized spacial score (nSPS) is 27.2. The van der Waals surface area contributed by atoms with E-state index in [4.69, 9.17) is 4.74 Å². The number of likely N-dealkylation sites (tertiary alicyclic amines) is 1. The van der Waals surface area contributed by atoms with Gasteiger partial charge in [-0.25, -0.2) is 14.4 Å². The molecule has 2 saturated heterocycles. The Morgan fingerprint density at radius 2 is 2.21 bits per heavy atom. The van der Waals surface area contributed by atoms with E-state index in [2.05, 4.69) is 31.5 Å². The van der Waals surface area contributed by atoms with Gasteiger partial charge in [0.1, 0.15) is 0 Å². The van der Waals surface area contributed by atoms with Gasteiger partial charge in [-0.15, -0.1) is 0 Å². The number of rotatable bonds is 4. The van der Waals surface area contributed by atoms with E-state index in [1.807, 2.05) is 17.9 Å². The van der Waals surface area contributed by atoms with Crippen LogP contribution in [0.15, 0.2) is 24.8 Å². The van der Waals surface area contributed by atoms with Crippen LogP contribution in [0.2, 0.25) is 0 Å². The Labute approximate surface area is 139 Å². The molecule has 8 heteroatoms. The van der Waals surface area contributed by atoms with Crippen molar-refractivity contribution in [1.29, 1.82) is 0 Å². The number of halogens is 1. The van der Waals surface area contributed by atoms with Crippen LogP contribution < -0.4 is 5.32 Å². The first kappa shape index (κ1) is 15.5. The minimum absolute atomic E-state index is 0.0973. The van der Waals surface area contributed by atoms with E-state index in [1.165, 1.54) is 18.0 Å². The number of anilines is 1. The van der Waals surface area contributed by atoms with Crippen molar-refractivity contribution >= 4 is 5.95 Å². The fourth-order valence-corrected chi connectivity index (χ4v) is 3.66. The number of nitrogens with zero attached hydrogens (tertiary/aromatic N) is 5. The second kappa shape index (κ2) is 6.10. The van der Waals surface area contributed by atoms with Crippen LogP contribution in [0.1, 0.15) is 18.4 Å². The summed E-state index contributed by atoms with van der Waals surface area (Å²) in [6, 6.07) is 0.161. The number of aryl methyl sites for hydroxylation is 1. The Morgan fingerprint density at radius 1 is 1.38 bits per heavy atom. The minimum atomic E-state index is -0.429. The summed E-state index contributed by atoms with van der Waals surface area (Å²) in [5.74, 6) is 0.0220. The largest absolute Gasteiger partial charge is 0.371 e. The molecule has 128 valence electrons. The van der Waals surface area contributed by atoms with E-state index in [0.29, 0.717) is 12.6 Å². The van der Waals surface area contributed by atoms with Crippen molar-refractivity contribution in [1.82, 2.24) is 24.6 Å². The highest BCUT2D eigenvalue weighted by molar-refractivity contribution is 5.26. The van der Waals surface area contributed by atoms with E-state index >= 15 is 0 Å². The number of aromatic nitrogens is 4. The molecule has 0 radical (unpaired) electrons. The van der Waals surface area contributed by atoms with Crippen molar-refractivity contribution in [2.24, 2.45) is 7.05 Å². The molecular formula is C16H21FN6O. The van der Waals surface area contributed by atoms with Crippen molar-refractivity contribution in [3.05, 3.63) is 36.2 Å². The molecular weight excluding hydrogens is 311 g/mol. The molecule has 2 atom stereocenters. The van der Waals surface area contributed by atoms with E-state index in [9.17, 15) is 4.39 Å². The molecule has 4 rings (SSSR count). The van der Waals surface area contributed by atoms with Gasteiger partial charge >= 0.3 is 0 Å². The standard InChI is InChI=1S/C16H21FN6O/c1-22-8-12(5-20-22)9-23-3-2-16(11-23)4-14(10-24-16)21-15-18-6-13(17)7-19-15/h5-8,14H,2-4,9-11H2,1H3,(H,18,19,21)/t14-,16+/m1/s1. The average Bonchev–Trinajstić information content (AvgIpc) is 3.25. The summed E-state index contributed by atoms with van der Waals surface area (Å²) in [6.07, 6.45) is 8.25. The van der Waals surface area contributed by atoms with Gasteiger partial charge in [-0.3, -0.25) is 9.58 Å². The first-order valence-electron chi connectivity index (χ1n) is 8.18. The summed E-state index contributed by atoms with van der Waals surface area (Å²) in [4.78, 5) is 10.3. The molecule has 0 amide bonds. The molecule has 2 aromatic heterocycles. The molecule has 0 bridgehead atoms. The van der Waals surface area contributed by atoms with Crippen LogP contribution in [0.3, 0.4) is 0 Å². The Bertz CT molecular complexity index is 705. The van der Waals surface area contributed by atoms with Crippen LogP contribution in [-0.2, 0) is 18.3 Å². The second-order valence-corrected chi connectivity index (χ2v) is 6.75. The SMILES string of the molecule is Cn1cc(CN2CC[C@]3(C[C@@H](Nc4ncc(F)cn4)CO3)C2)cn1. The fourth-order valence-electron chi connectivity index (χ4n) is 3.66. The van der Waals surface area contributed by atoms with Crippen molar-refractivity contribution in [3.8, 4) is 0 Å². The molecule has 7 nitrogen and oxygen atoms in total. The Kier molecular flexibility index (Phi) is 3.93. The number of hydrogen-bond donors (Lipinski definition) is 1. The van der Waals surface area contributed by atoms with Crippen LogP contribution in [0, 0.1) is 5.82 Å². The van der Waals surface area contributed by atoms with Crippen LogP contribution in [0.4, 0.5) is 10.3 Å². The highest BCUT2D eigenvalue weighted by atomic mass is 19.1. The summed E-state index contributed by atoms with van der Waals surface area (Å²) in [7, 11) is 1.93. The molecule has 2 aliphatic rings. The summed E-state index contributed by atoms with van der Waals surface area (Å²) >= 11 is 0. The molecule has 0 unspecified atom stereocenters. The number of nitrogens with one attached hydrogen (secondary N) is 1. The van der Waals surface area contributed by atoms with Gasteiger partial charge < -0.3 is 10.1 Å². The highest BCUT2D eigenvalue weighted by Gasteiger charge is 2.45. The average molecular weight is 332 g/mol. The summed E-state index contributed by atoms with van der Waals surface area (Å²) in [5.41, 5.74) is 1.13. The van der Waals surface area contributed by atoms with Crippen LogP contribution in [0.25, 0.3) is 0 Å². The summed E-state index contributed by atoms with van der Waals surface area (Å²) < 4.78 is 20.8. The Balaban J connectivity index is 1.33. The van der Waals surface area contributed by atoms with E-state index < -0.39 is 5.82 Å². The maximum absolute atomic E-state index is 12.9. The lowest BCUT2D eigenvalue weighted by Gasteiger charge is -2.23. The van der Waals surface area contributed by atoms with Crippen molar-refractivity contribution in [2.75, 3.05) is 25.0 Å². The molecule has 2 aliphatic heterocycles. The van der Waals surface area contributed by atoms with Gasteiger partial charge in [-0.1, -0.05) is 0 Å². The molecule has 0 aliphatic carbocycles. The van der Waals surface area contributed by atoms with Crippen molar-refractivity contribution in [3.63, 3.8) is 0 Å². The lowest BCUT2D eigenvalue weighted by atomic mass is 9.97. The van der Waals surface area contributed by atoms with Crippen LogP contribution >= 0.6 is 0 Å². The minimum Gasteiger partial charge on any atom is -0.371 e. The predicted molar refractivity (Wildman–Crippen MR) is 85.8 cm³/mol. The van der Waals surface area contributed by atoms with Gasteiger partial charge in [-0.05, 0) is 6.42 Å².